The Bertz CT molecular complexity index is 941. The van der Waals surface area contributed by atoms with E-state index in [-0.39, 0.29) is 12.0 Å². The van der Waals surface area contributed by atoms with E-state index in [1.54, 1.807) is 12.3 Å². The molecule has 0 unspecified atom stereocenters. The Morgan fingerprint density at radius 1 is 1.14 bits per heavy atom. The summed E-state index contributed by atoms with van der Waals surface area (Å²) in [6.07, 6.45) is 1.59. The average Bonchev–Trinajstić information content (AvgIpc) is 2.55. The van der Waals surface area contributed by atoms with Gasteiger partial charge in [0.15, 0.2) is 5.43 Å². The van der Waals surface area contributed by atoms with Crippen LogP contribution in [0.5, 0.6) is 0 Å². The van der Waals surface area contributed by atoms with Gasteiger partial charge in [0.25, 0.3) is 0 Å². The lowest BCUT2D eigenvalue weighted by Crippen LogP contribution is -2.09. The second kappa shape index (κ2) is 5.93. The predicted octanol–water partition coefficient (Wildman–Crippen LogP) is 4.66. The van der Waals surface area contributed by atoms with Gasteiger partial charge in [-0.15, -0.1) is 0 Å². The van der Waals surface area contributed by atoms with Crippen molar-refractivity contribution >= 4 is 22.5 Å². The molecule has 0 saturated heterocycles. The number of nitrogens with one attached hydrogen (secondary N) is 1. The third-order valence-electron chi connectivity index (χ3n) is 3.44. The van der Waals surface area contributed by atoms with Crippen LogP contribution in [0.4, 0.5) is 0 Å². The number of fused-ring (bicyclic) bond motifs is 1. The zero-order chi connectivity index (χ0) is 15.5. The van der Waals surface area contributed by atoms with Crippen LogP contribution in [0.15, 0.2) is 58.6 Å². The molecule has 2 aromatic carbocycles. The maximum Gasteiger partial charge on any atom is 0.192 e. The van der Waals surface area contributed by atoms with Gasteiger partial charge in [0.05, 0.1) is 6.54 Å². The van der Waals surface area contributed by atoms with Crippen molar-refractivity contribution in [1.29, 1.82) is 0 Å². The average molecular weight is 311 g/mol. The molecule has 22 heavy (non-hydrogen) atoms. The molecule has 0 aliphatic carbocycles. The van der Waals surface area contributed by atoms with Gasteiger partial charge in [-0.1, -0.05) is 34.9 Å². The van der Waals surface area contributed by atoms with Gasteiger partial charge in [-0.05, 0) is 40.9 Å². The molecule has 0 bridgehead atoms. The summed E-state index contributed by atoms with van der Waals surface area (Å²) in [6, 6.07) is 13.1. The molecule has 1 heterocycles. The molecule has 108 valence electrons. The first-order valence-electron chi connectivity index (χ1n) is 6.60. The number of H-pyrrole nitrogens is 1. The highest BCUT2D eigenvalue weighted by atomic mass is 35.5. The van der Waals surface area contributed by atoms with Gasteiger partial charge in [-0.2, -0.15) is 0 Å². The molecule has 6 heteroatoms. The third kappa shape index (κ3) is 2.68. The van der Waals surface area contributed by atoms with Crippen LogP contribution in [0.1, 0.15) is 5.56 Å². The number of hydrogen-bond donors (Lipinski definition) is 1. The maximum absolute atomic E-state index is 12.3. The molecule has 0 spiro atoms. The van der Waals surface area contributed by atoms with Crippen LogP contribution in [0.3, 0.4) is 0 Å². The number of pyridine rings is 1. The monoisotopic (exact) mass is 310 g/mol. The van der Waals surface area contributed by atoms with Crippen molar-refractivity contribution in [1.82, 2.24) is 4.98 Å². The van der Waals surface area contributed by atoms with E-state index >= 15 is 0 Å². The molecule has 1 N–H and O–H groups in total. The Kier molecular flexibility index (Phi) is 3.83. The summed E-state index contributed by atoms with van der Waals surface area (Å²) in [5, 5.41) is 4.68. The number of aromatic nitrogens is 1. The molecule has 0 atom stereocenters. The Balaban J connectivity index is 2.09. The second-order valence-corrected chi connectivity index (χ2v) is 5.24. The fourth-order valence-electron chi connectivity index (χ4n) is 2.31. The first-order valence-corrected chi connectivity index (χ1v) is 6.98. The van der Waals surface area contributed by atoms with Crippen LogP contribution in [-0.2, 0) is 6.54 Å². The van der Waals surface area contributed by atoms with Crippen molar-refractivity contribution in [2.24, 2.45) is 5.11 Å². The minimum absolute atomic E-state index is 0.0424. The summed E-state index contributed by atoms with van der Waals surface area (Å²) in [5.74, 6) is 0. The van der Waals surface area contributed by atoms with Crippen LogP contribution in [0.25, 0.3) is 32.5 Å². The van der Waals surface area contributed by atoms with E-state index < -0.39 is 0 Å². The molecule has 3 rings (SSSR count). The van der Waals surface area contributed by atoms with E-state index in [2.05, 4.69) is 15.0 Å². The molecular weight excluding hydrogens is 300 g/mol. The number of hydrogen-bond acceptors (Lipinski definition) is 2. The number of benzene rings is 2. The van der Waals surface area contributed by atoms with E-state index in [0.717, 1.165) is 16.6 Å². The highest BCUT2D eigenvalue weighted by molar-refractivity contribution is 6.30. The van der Waals surface area contributed by atoms with Crippen molar-refractivity contribution in [3.8, 4) is 11.1 Å². The van der Waals surface area contributed by atoms with Crippen molar-refractivity contribution in [3.05, 3.63) is 79.9 Å². The second-order valence-electron chi connectivity index (χ2n) is 4.80. The lowest BCUT2D eigenvalue weighted by molar-refractivity contribution is 1.02. The van der Waals surface area contributed by atoms with E-state index in [4.69, 9.17) is 17.1 Å². The molecule has 0 fully saturated rings. The Labute approximate surface area is 130 Å². The fraction of sp³-hybridized carbons (Fsp3) is 0.0625. The summed E-state index contributed by atoms with van der Waals surface area (Å²) in [6.45, 7) is 0.0424. The van der Waals surface area contributed by atoms with Gasteiger partial charge in [-0.3, -0.25) is 4.79 Å². The molecule has 0 aliphatic heterocycles. The topological polar surface area (TPSA) is 81.6 Å². The molecular formula is C16H11ClN4O. The van der Waals surface area contributed by atoms with Crippen molar-refractivity contribution in [2.75, 3.05) is 0 Å². The Morgan fingerprint density at radius 2 is 1.86 bits per heavy atom. The number of azide groups is 1. The van der Waals surface area contributed by atoms with Gasteiger partial charge in [0.2, 0.25) is 0 Å². The molecule has 5 nitrogen and oxygen atoms in total. The fourth-order valence-corrected chi connectivity index (χ4v) is 2.44. The van der Waals surface area contributed by atoms with Crippen LogP contribution in [0, 0.1) is 0 Å². The summed E-state index contributed by atoms with van der Waals surface area (Å²) in [4.78, 5) is 18.1. The zero-order valence-electron chi connectivity index (χ0n) is 11.5. The lowest BCUT2D eigenvalue weighted by atomic mass is 10.0. The Hall–Kier alpha value is -2.75. The zero-order valence-corrected chi connectivity index (χ0v) is 12.2. The number of nitrogens with zero attached hydrogens (tertiary/aromatic N) is 3. The first-order chi connectivity index (χ1) is 10.7. The normalized spacial score (nSPS) is 10.4. The maximum atomic E-state index is 12.3. The van der Waals surface area contributed by atoms with Gasteiger partial charge in [0.1, 0.15) is 0 Å². The highest BCUT2D eigenvalue weighted by Gasteiger charge is 2.06. The highest BCUT2D eigenvalue weighted by Crippen LogP contribution is 2.24. The molecule has 0 aliphatic rings. The van der Waals surface area contributed by atoms with Gasteiger partial charge in [-0.25, -0.2) is 0 Å². The van der Waals surface area contributed by atoms with Crippen LogP contribution in [-0.4, -0.2) is 4.98 Å². The van der Waals surface area contributed by atoms with Crippen LogP contribution >= 0.6 is 11.6 Å². The van der Waals surface area contributed by atoms with E-state index in [9.17, 15) is 4.79 Å². The predicted molar refractivity (Wildman–Crippen MR) is 87.9 cm³/mol. The lowest BCUT2D eigenvalue weighted by Gasteiger charge is -2.05. The van der Waals surface area contributed by atoms with Gasteiger partial charge < -0.3 is 4.98 Å². The Morgan fingerprint density at radius 3 is 2.59 bits per heavy atom. The molecule has 1 aromatic heterocycles. The van der Waals surface area contributed by atoms with Gasteiger partial charge >= 0.3 is 0 Å². The third-order valence-corrected chi connectivity index (χ3v) is 3.69. The van der Waals surface area contributed by atoms with E-state index in [1.165, 1.54) is 0 Å². The largest absolute Gasteiger partial charge is 0.361 e. The molecule has 0 radical (unpaired) electrons. The SMILES string of the molecule is [N-]=[N+]=NCc1c[nH]c2cc(-c3ccc(Cl)cc3)ccc2c1=O. The number of halogens is 1. The summed E-state index contributed by atoms with van der Waals surface area (Å²) >= 11 is 5.89. The molecule has 0 amide bonds. The summed E-state index contributed by atoms with van der Waals surface area (Å²) in [7, 11) is 0. The first kappa shape index (κ1) is 14.2. The van der Waals surface area contributed by atoms with Crippen LogP contribution < -0.4 is 5.43 Å². The standard InChI is InChI=1S/C16H11ClN4O/c17-13-4-1-10(2-5-13)11-3-6-14-15(7-11)19-8-12(16(14)22)9-20-21-18/h1-8H,9H2,(H,19,22). The van der Waals surface area contributed by atoms with E-state index in [1.807, 2.05) is 36.4 Å². The van der Waals surface area contributed by atoms with Gasteiger partial charge in [0, 0.05) is 32.6 Å². The summed E-state index contributed by atoms with van der Waals surface area (Å²) in [5.41, 5.74) is 11.4. The molecule has 0 saturated carbocycles. The molecule has 3 aromatic rings. The minimum atomic E-state index is -0.121. The van der Waals surface area contributed by atoms with Crippen molar-refractivity contribution in [3.63, 3.8) is 0 Å². The number of rotatable bonds is 3. The quantitative estimate of drug-likeness (QED) is 0.426. The van der Waals surface area contributed by atoms with E-state index in [0.29, 0.717) is 16.0 Å². The smallest absolute Gasteiger partial charge is 0.192 e. The summed E-state index contributed by atoms with van der Waals surface area (Å²) < 4.78 is 0. The minimum Gasteiger partial charge on any atom is -0.361 e. The number of aromatic amines is 1. The van der Waals surface area contributed by atoms with Crippen molar-refractivity contribution < 1.29 is 0 Å². The van der Waals surface area contributed by atoms with Crippen LogP contribution in [0.2, 0.25) is 5.02 Å². The van der Waals surface area contributed by atoms with Crippen molar-refractivity contribution in [2.45, 2.75) is 6.54 Å².